The number of ether oxygens (including phenoxy) is 1. The molecule has 0 radical (unpaired) electrons. The van der Waals surface area contributed by atoms with Crippen molar-refractivity contribution in [1.82, 2.24) is 0 Å². The molecule has 1 unspecified atom stereocenters. The Bertz CT molecular complexity index is 1140. The highest BCUT2D eigenvalue weighted by molar-refractivity contribution is 5.66. The quantitative estimate of drug-likeness (QED) is 0.334. The van der Waals surface area contributed by atoms with Crippen molar-refractivity contribution < 1.29 is 35.5 Å². The van der Waals surface area contributed by atoms with Crippen LogP contribution in [0.1, 0.15) is 36.2 Å². The normalized spacial score (nSPS) is 12.2. The molecule has 32 heavy (non-hydrogen) atoms. The highest BCUT2D eigenvalue weighted by atomic mass is 19.2. The van der Waals surface area contributed by atoms with Gasteiger partial charge in [0.1, 0.15) is 6.17 Å². The van der Waals surface area contributed by atoms with E-state index in [4.69, 9.17) is 4.74 Å². The topological polar surface area (TPSA) is 9.23 Å². The van der Waals surface area contributed by atoms with Crippen LogP contribution in [0, 0.1) is 41.8 Å². The Hall–Kier alpha value is -3.03. The average molecular weight is 456 g/mol. The predicted octanol–water partition coefficient (Wildman–Crippen LogP) is 7.54. The molecule has 3 aromatic rings. The Balaban J connectivity index is 1.76. The van der Waals surface area contributed by atoms with E-state index in [9.17, 15) is 30.7 Å². The number of alkyl halides is 1. The third kappa shape index (κ3) is 4.45. The van der Waals surface area contributed by atoms with Gasteiger partial charge in [-0.2, -0.15) is 4.39 Å². The van der Waals surface area contributed by atoms with E-state index < -0.39 is 76.5 Å². The molecule has 0 saturated carbocycles. The second-order valence-corrected chi connectivity index (χ2v) is 7.20. The van der Waals surface area contributed by atoms with Crippen molar-refractivity contribution >= 4 is 0 Å². The van der Waals surface area contributed by atoms with Gasteiger partial charge in [0.05, 0.1) is 6.61 Å². The molecular weight excluding hydrogens is 437 g/mol. The van der Waals surface area contributed by atoms with E-state index in [0.29, 0.717) is 0 Å². The number of hydrogen-bond acceptors (Lipinski definition) is 1. The third-order valence-electron chi connectivity index (χ3n) is 5.15. The molecule has 0 fully saturated rings. The fourth-order valence-corrected chi connectivity index (χ4v) is 3.25. The first-order valence-corrected chi connectivity index (χ1v) is 9.83. The van der Waals surface area contributed by atoms with Crippen LogP contribution < -0.4 is 4.74 Å². The predicted molar refractivity (Wildman–Crippen MR) is 106 cm³/mol. The van der Waals surface area contributed by atoms with Crippen molar-refractivity contribution in [1.29, 1.82) is 0 Å². The Labute approximate surface area is 180 Å². The van der Waals surface area contributed by atoms with E-state index in [1.165, 1.54) is 25.1 Å². The van der Waals surface area contributed by atoms with Gasteiger partial charge in [-0.15, -0.1) is 0 Å². The molecular formula is C24H19F7O. The lowest BCUT2D eigenvalue weighted by atomic mass is 9.98. The van der Waals surface area contributed by atoms with Gasteiger partial charge in [-0.05, 0) is 30.5 Å². The first-order chi connectivity index (χ1) is 15.2. The Morgan fingerprint density at radius 2 is 1.34 bits per heavy atom. The van der Waals surface area contributed by atoms with Gasteiger partial charge < -0.3 is 4.74 Å². The van der Waals surface area contributed by atoms with Crippen LogP contribution in [0.15, 0.2) is 36.4 Å². The second kappa shape index (κ2) is 9.63. The molecule has 0 heterocycles. The minimum Gasteiger partial charge on any atom is -0.490 e. The zero-order chi connectivity index (χ0) is 23.6. The van der Waals surface area contributed by atoms with Crippen LogP contribution in [-0.2, 0) is 6.42 Å². The monoisotopic (exact) mass is 456 g/mol. The number of hydrogen-bond donors (Lipinski definition) is 0. The molecule has 0 saturated heterocycles. The van der Waals surface area contributed by atoms with E-state index in [2.05, 4.69) is 0 Å². The summed E-state index contributed by atoms with van der Waals surface area (Å²) in [6.45, 7) is 2.52. The number of rotatable bonds is 7. The van der Waals surface area contributed by atoms with Gasteiger partial charge in [0, 0.05) is 23.1 Å². The lowest BCUT2D eigenvalue weighted by Crippen LogP contribution is -2.07. The zero-order valence-electron chi connectivity index (χ0n) is 17.2. The van der Waals surface area contributed by atoms with Crippen molar-refractivity contribution in [3.05, 3.63) is 88.0 Å². The van der Waals surface area contributed by atoms with Crippen molar-refractivity contribution in [3.63, 3.8) is 0 Å². The van der Waals surface area contributed by atoms with Crippen LogP contribution >= 0.6 is 0 Å². The summed E-state index contributed by atoms with van der Waals surface area (Å²) in [6.07, 6.45) is -2.25. The Morgan fingerprint density at radius 1 is 0.719 bits per heavy atom. The SMILES string of the molecule is CCc1ccc(OCCC(F)c2ccc(-c3ccc(C)c(F)c3F)c(F)c2F)c(F)c1F. The van der Waals surface area contributed by atoms with Crippen LogP contribution in [0.4, 0.5) is 30.7 Å². The molecule has 0 bridgehead atoms. The molecule has 3 rings (SSSR count). The zero-order valence-corrected chi connectivity index (χ0v) is 17.2. The van der Waals surface area contributed by atoms with Gasteiger partial charge in [0.2, 0.25) is 5.82 Å². The van der Waals surface area contributed by atoms with Gasteiger partial charge in [0.25, 0.3) is 0 Å². The van der Waals surface area contributed by atoms with Gasteiger partial charge in [0.15, 0.2) is 34.8 Å². The van der Waals surface area contributed by atoms with Gasteiger partial charge >= 0.3 is 0 Å². The molecule has 1 nitrogen and oxygen atoms in total. The lowest BCUT2D eigenvalue weighted by molar-refractivity contribution is 0.224. The van der Waals surface area contributed by atoms with Crippen LogP contribution in [0.5, 0.6) is 5.75 Å². The highest BCUT2D eigenvalue weighted by Crippen LogP contribution is 2.34. The number of benzene rings is 3. The standard InChI is InChI=1S/C24H19F7O/c1-3-13-5-9-18(24(31)20(13)27)32-11-10-17(25)16-8-7-15(22(29)23(16)30)14-6-4-12(2)19(26)21(14)28/h4-9,17H,3,10-11H2,1-2H3. The minimum absolute atomic E-state index is 0.00627. The van der Waals surface area contributed by atoms with E-state index >= 15 is 0 Å². The Morgan fingerprint density at radius 3 is 2.00 bits per heavy atom. The van der Waals surface area contributed by atoms with Crippen LogP contribution in [0.3, 0.4) is 0 Å². The largest absolute Gasteiger partial charge is 0.490 e. The van der Waals surface area contributed by atoms with E-state index in [1.54, 1.807) is 6.92 Å². The summed E-state index contributed by atoms with van der Waals surface area (Å²) >= 11 is 0. The maximum atomic E-state index is 14.5. The molecule has 3 aromatic carbocycles. The fourth-order valence-electron chi connectivity index (χ4n) is 3.25. The molecule has 0 N–H and O–H groups in total. The third-order valence-corrected chi connectivity index (χ3v) is 5.15. The summed E-state index contributed by atoms with van der Waals surface area (Å²) in [5.74, 6) is -8.33. The van der Waals surface area contributed by atoms with Crippen molar-refractivity contribution in [2.75, 3.05) is 6.61 Å². The minimum atomic E-state index is -2.04. The van der Waals surface area contributed by atoms with Gasteiger partial charge in [-0.3, -0.25) is 0 Å². The van der Waals surface area contributed by atoms with E-state index in [0.717, 1.165) is 18.2 Å². The van der Waals surface area contributed by atoms with E-state index in [1.807, 2.05) is 0 Å². The average Bonchev–Trinajstić information content (AvgIpc) is 2.77. The smallest absolute Gasteiger partial charge is 0.200 e. The number of aryl methyl sites for hydroxylation is 2. The van der Waals surface area contributed by atoms with Gasteiger partial charge in [-0.25, -0.2) is 26.3 Å². The van der Waals surface area contributed by atoms with Gasteiger partial charge in [-0.1, -0.05) is 37.3 Å². The second-order valence-electron chi connectivity index (χ2n) is 7.20. The molecule has 0 aromatic heterocycles. The molecule has 170 valence electrons. The van der Waals surface area contributed by atoms with Crippen molar-refractivity contribution in [3.8, 4) is 16.9 Å². The molecule has 1 atom stereocenters. The summed E-state index contributed by atoms with van der Waals surface area (Å²) in [5, 5.41) is 0. The van der Waals surface area contributed by atoms with Crippen LogP contribution in [-0.4, -0.2) is 6.61 Å². The molecule has 0 aliphatic carbocycles. The van der Waals surface area contributed by atoms with Crippen LogP contribution in [0.2, 0.25) is 0 Å². The molecule has 0 aliphatic rings. The maximum Gasteiger partial charge on any atom is 0.200 e. The first-order valence-electron chi connectivity index (χ1n) is 9.83. The summed E-state index contributed by atoms with van der Waals surface area (Å²) in [7, 11) is 0. The summed E-state index contributed by atoms with van der Waals surface area (Å²) < 4.78 is 104. The molecule has 0 aliphatic heterocycles. The highest BCUT2D eigenvalue weighted by Gasteiger charge is 2.24. The lowest BCUT2D eigenvalue weighted by Gasteiger charge is -2.14. The summed E-state index contributed by atoms with van der Waals surface area (Å²) in [6, 6.07) is 6.72. The maximum absolute atomic E-state index is 14.5. The summed E-state index contributed by atoms with van der Waals surface area (Å²) in [5.41, 5.74) is -1.56. The fraction of sp³-hybridized carbons (Fsp3) is 0.250. The van der Waals surface area contributed by atoms with Crippen molar-refractivity contribution in [2.24, 2.45) is 0 Å². The summed E-state index contributed by atoms with van der Waals surface area (Å²) in [4.78, 5) is 0. The Kier molecular flexibility index (Phi) is 7.11. The molecule has 0 amide bonds. The molecule has 0 spiro atoms. The van der Waals surface area contributed by atoms with Crippen molar-refractivity contribution in [2.45, 2.75) is 32.9 Å². The molecule has 8 heteroatoms. The number of halogens is 7. The van der Waals surface area contributed by atoms with E-state index in [-0.39, 0.29) is 17.5 Å². The first kappa shape index (κ1) is 23.6. The van der Waals surface area contributed by atoms with Crippen LogP contribution in [0.25, 0.3) is 11.1 Å².